The number of nitrogens with zero attached hydrogens (tertiary/aromatic N) is 2. The van der Waals surface area contributed by atoms with E-state index in [1.165, 1.54) is 0 Å². The Morgan fingerprint density at radius 2 is 2.06 bits per heavy atom. The van der Waals surface area contributed by atoms with E-state index in [1.54, 1.807) is 0 Å². The summed E-state index contributed by atoms with van der Waals surface area (Å²) in [7, 11) is 0. The Labute approximate surface area is 193 Å². The molecule has 1 aromatic heterocycles. The van der Waals surface area contributed by atoms with Gasteiger partial charge in [0.2, 0.25) is 5.76 Å². The Bertz CT molecular complexity index is 936. The van der Waals surface area contributed by atoms with Crippen molar-refractivity contribution in [2.45, 2.75) is 76.0 Å². The Morgan fingerprint density at radius 1 is 1.30 bits per heavy atom. The lowest BCUT2D eigenvalue weighted by Gasteiger charge is -2.24. The van der Waals surface area contributed by atoms with Crippen molar-refractivity contribution < 1.29 is 23.7 Å². The third-order valence-electron chi connectivity index (χ3n) is 6.63. The topological polar surface area (TPSA) is 105 Å². The van der Waals surface area contributed by atoms with Crippen LogP contribution in [0.15, 0.2) is 34.9 Å². The highest BCUT2D eigenvalue weighted by molar-refractivity contribution is 5.56. The van der Waals surface area contributed by atoms with Crippen molar-refractivity contribution in [3.63, 3.8) is 0 Å². The molecule has 2 aliphatic carbocycles. The molecule has 0 spiro atoms. The van der Waals surface area contributed by atoms with Crippen LogP contribution in [0.25, 0.3) is 0 Å². The Balaban J connectivity index is 1.45. The third kappa shape index (κ3) is 6.48. The minimum absolute atomic E-state index is 0.134. The number of carbonyl (C=O) groups excluding carboxylic acids is 1. The van der Waals surface area contributed by atoms with Gasteiger partial charge >= 0.3 is 0 Å². The van der Waals surface area contributed by atoms with E-state index in [1.807, 2.05) is 30.3 Å². The van der Waals surface area contributed by atoms with Gasteiger partial charge < -0.3 is 18.8 Å². The summed E-state index contributed by atoms with van der Waals surface area (Å²) in [6.45, 7) is 3.08. The molecule has 0 aliphatic heterocycles. The molecular formula is C25H32N2O6. The highest BCUT2D eigenvalue weighted by atomic mass is 16.6. The van der Waals surface area contributed by atoms with E-state index in [0.29, 0.717) is 37.7 Å². The molecule has 1 heterocycles. The summed E-state index contributed by atoms with van der Waals surface area (Å²) in [5, 5.41) is 15.4. The molecule has 33 heavy (non-hydrogen) atoms. The zero-order valence-electron chi connectivity index (χ0n) is 19.1. The first-order chi connectivity index (χ1) is 16.0. The lowest BCUT2D eigenvalue weighted by atomic mass is 9.84. The van der Waals surface area contributed by atoms with Gasteiger partial charge in [0, 0.05) is 28.9 Å². The number of hydrogen-bond donors (Lipinski definition) is 0. The minimum Gasteiger partial charge on any atom is -0.377 e. The van der Waals surface area contributed by atoms with Gasteiger partial charge in [0.25, 0.3) is 6.54 Å². The number of ether oxygens (including phenoxy) is 2. The van der Waals surface area contributed by atoms with Crippen molar-refractivity contribution in [1.82, 2.24) is 5.16 Å². The maximum Gasteiger partial charge on any atom is 0.263 e. The second-order valence-electron chi connectivity index (χ2n) is 9.52. The molecule has 2 aliphatic rings. The SMILES string of the molecule is CC1(OCC(C=O)[C@H](CCCOCc2ccccc2)c2noc(C[N+](=O)[O-])c2C2CC2)CC1. The molecule has 1 aromatic carbocycles. The third-order valence-corrected chi connectivity index (χ3v) is 6.63. The van der Waals surface area contributed by atoms with Crippen LogP contribution in [0.4, 0.5) is 0 Å². The van der Waals surface area contributed by atoms with E-state index in [0.717, 1.165) is 49.5 Å². The van der Waals surface area contributed by atoms with E-state index in [2.05, 4.69) is 12.1 Å². The lowest BCUT2D eigenvalue weighted by Crippen LogP contribution is -2.25. The van der Waals surface area contributed by atoms with Crippen molar-refractivity contribution in [3.05, 3.63) is 63.0 Å². The molecule has 0 N–H and O–H groups in total. The van der Waals surface area contributed by atoms with Gasteiger partial charge in [-0.15, -0.1) is 0 Å². The summed E-state index contributed by atoms with van der Waals surface area (Å²) >= 11 is 0. The largest absolute Gasteiger partial charge is 0.377 e. The van der Waals surface area contributed by atoms with E-state index < -0.39 is 4.92 Å². The van der Waals surface area contributed by atoms with Crippen LogP contribution in [0.3, 0.4) is 0 Å². The molecule has 8 heteroatoms. The van der Waals surface area contributed by atoms with Crippen LogP contribution >= 0.6 is 0 Å². The fourth-order valence-electron chi connectivity index (χ4n) is 4.24. The van der Waals surface area contributed by atoms with Gasteiger partial charge in [0.15, 0.2) is 0 Å². The first-order valence-corrected chi connectivity index (χ1v) is 11.8. The molecule has 0 amide bonds. The zero-order valence-corrected chi connectivity index (χ0v) is 19.1. The number of aldehydes is 1. The monoisotopic (exact) mass is 456 g/mol. The average molecular weight is 457 g/mol. The van der Waals surface area contributed by atoms with E-state index in [4.69, 9.17) is 14.0 Å². The van der Waals surface area contributed by atoms with Crippen molar-refractivity contribution in [2.24, 2.45) is 5.92 Å². The lowest BCUT2D eigenvalue weighted by molar-refractivity contribution is -0.499. The second kappa shape index (κ2) is 10.6. The van der Waals surface area contributed by atoms with Gasteiger partial charge in [0.1, 0.15) is 6.29 Å². The van der Waals surface area contributed by atoms with Crippen LogP contribution in [0.2, 0.25) is 0 Å². The van der Waals surface area contributed by atoms with Crippen LogP contribution < -0.4 is 0 Å². The van der Waals surface area contributed by atoms with Crippen LogP contribution in [-0.2, 0) is 27.4 Å². The minimum atomic E-state index is -0.392. The smallest absolute Gasteiger partial charge is 0.263 e. The number of aromatic nitrogens is 1. The molecular weight excluding hydrogens is 424 g/mol. The zero-order chi connectivity index (χ0) is 23.3. The summed E-state index contributed by atoms with van der Waals surface area (Å²) < 4.78 is 17.3. The Kier molecular flexibility index (Phi) is 7.55. The number of rotatable bonds is 15. The molecule has 2 aromatic rings. The summed E-state index contributed by atoms with van der Waals surface area (Å²) in [4.78, 5) is 22.9. The van der Waals surface area contributed by atoms with Gasteiger partial charge in [-0.3, -0.25) is 10.1 Å². The van der Waals surface area contributed by atoms with Crippen molar-refractivity contribution in [2.75, 3.05) is 13.2 Å². The number of carbonyl (C=O) groups is 1. The highest BCUT2D eigenvalue weighted by Gasteiger charge is 2.42. The van der Waals surface area contributed by atoms with Gasteiger partial charge in [-0.2, -0.15) is 0 Å². The highest BCUT2D eigenvalue weighted by Crippen LogP contribution is 2.47. The fraction of sp³-hybridized carbons (Fsp3) is 0.600. The average Bonchev–Trinajstić information content (AvgIpc) is 3.73. The van der Waals surface area contributed by atoms with Crippen LogP contribution in [0.1, 0.15) is 79.9 Å². The van der Waals surface area contributed by atoms with Gasteiger partial charge in [0.05, 0.1) is 24.5 Å². The summed E-state index contributed by atoms with van der Waals surface area (Å²) in [5.74, 6) is -0.0533. The van der Waals surface area contributed by atoms with E-state index >= 15 is 0 Å². The molecule has 178 valence electrons. The Morgan fingerprint density at radius 3 is 2.70 bits per heavy atom. The first kappa shape index (κ1) is 23.6. The second-order valence-corrected chi connectivity index (χ2v) is 9.52. The first-order valence-electron chi connectivity index (χ1n) is 11.8. The molecule has 0 radical (unpaired) electrons. The molecule has 4 rings (SSSR count). The molecule has 2 atom stereocenters. The predicted octanol–water partition coefficient (Wildman–Crippen LogP) is 4.79. The molecule has 0 bridgehead atoms. The quantitative estimate of drug-likeness (QED) is 0.164. The van der Waals surface area contributed by atoms with Crippen LogP contribution in [0.5, 0.6) is 0 Å². The van der Waals surface area contributed by atoms with Crippen LogP contribution in [-0.4, -0.2) is 35.2 Å². The standard InChI is InChI=1S/C25H32N2O6/c1-25(11-12-25)32-17-20(15-28)21(8-5-13-31-16-18-6-3-2-4-7-18)24-23(19-9-10-19)22(33-26-24)14-27(29)30/h2-4,6-7,15,19-21H,5,8-14,16-17H2,1H3/t20?,21-/m0/s1. The molecule has 1 unspecified atom stereocenters. The normalized spacial score (nSPS) is 18.6. The predicted molar refractivity (Wildman–Crippen MR) is 120 cm³/mol. The molecule has 8 nitrogen and oxygen atoms in total. The van der Waals surface area contributed by atoms with Crippen molar-refractivity contribution >= 4 is 6.29 Å². The Hall–Kier alpha value is -2.58. The molecule has 0 saturated heterocycles. The van der Waals surface area contributed by atoms with Gasteiger partial charge in [-0.1, -0.05) is 35.5 Å². The van der Waals surface area contributed by atoms with Crippen LogP contribution in [0, 0.1) is 16.0 Å². The van der Waals surface area contributed by atoms with Gasteiger partial charge in [-0.05, 0) is 56.9 Å². The van der Waals surface area contributed by atoms with Crippen molar-refractivity contribution in [1.29, 1.82) is 0 Å². The maximum absolute atomic E-state index is 12.1. The molecule has 2 saturated carbocycles. The van der Waals surface area contributed by atoms with E-state index in [9.17, 15) is 14.9 Å². The number of nitro groups is 1. The van der Waals surface area contributed by atoms with Crippen molar-refractivity contribution in [3.8, 4) is 0 Å². The number of benzene rings is 1. The summed E-state index contributed by atoms with van der Waals surface area (Å²) in [5.41, 5.74) is 2.51. The molecule has 2 fully saturated rings. The van der Waals surface area contributed by atoms with Gasteiger partial charge in [-0.25, -0.2) is 0 Å². The maximum atomic E-state index is 12.1. The van der Waals surface area contributed by atoms with E-state index in [-0.39, 0.29) is 29.9 Å². The fourth-order valence-corrected chi connectivity index (χ4v) is 4.24. The summed E-state index contributed by atoms with van der Waals surface area (Å²) in [6, 6.07) is 9.98. The summed E-state index contributed by atoms with van der Waals surface area (Å²) in [6.07, 6.45) is 6.28. The number of hydrogen-bond acceptors (Lipinski definition) is 7.